The molecule has 0 saturated heterocycles. The van der Waals surface area contributed by atoms with Crippen LogP contribution in [0.1, 0.15) is 31.9 Å². The van der Waals surface area contributed by atoms with Gasteiger partial charge in [0.05, 0.1) is 7.11 Å². The molecule has 0 saturated carbocycles. The maximum Gasteiger partial charge on any atom is 0.165 e. The molecule has 1 aromatic rings. The summed E-state index contributed by atoms with van der Waals surface area (Å²) in [7, 11) is 1.47. The molecule has 2 nitrogen and oxygen atoms in total. The van der Waals surface area contributed by atoms with Crippen molar-refractivity contribution in [3.63, 3.8) is 0 Å². The second kappa shape index (κ2) is 6.93. The summed E-state index contributed by atoms with van der Waals surface area (Å²) in [5.41, 5.74) is 1.01. The average molecular weight is 235 g/mol. The molecule has 1 atom stereocenters. The number of hydrogen-bond acceptors (Lipinski definition) is 2. The Morgan fingerprint density at radius 2 is 2.24 bits per heavy atom. The molecule has 1 rings (SSSR count). The van der Waals surface area contributed by atoms with E-state index in [4.69, 9.17) is 4.74 Å². The third-order valence-corrected chi connectivity index (χ3v) is 2.55. The highest BCUT2D eigenvalue weighted by Gasteiger charge is 2.08. The first-order valence-electron chi connectivity index (χ1n) is 5.65. The quantitative estimate of drug-likeness (QED) is 0.626. The van der Waals surface area contributed by atoms with Gasteiger partial charge in [-0.25, -0.2) is 4.39 Å². The van der Waals surface area contributed by atoms with E-state index in [2.05, 4.69) is 17.2 Å². The summed E-state index contributed by atoms with van der Waals surface area (Å²) in [6.45, 7) is 4.68. The highest BCUT2D eigenvalue weighted by Crippen LogP contribution is 2.22. The van der Waals surface area contributed by atoms with Crippen molar-refractivity contribution in [3.05, 3.63) is 29.6 Å². The fraction of sp³-hybridized carbons (Fsp3) is 0.429. The summed E-state index contributed by atoms with van der Waals surface area (Å²) in [5, 5.41) is 3.32. The van der Waals surface area contributed by atoms with Crippen LogP contribution in [0.15, 0.2) is 18.2 Å². The fourth-order valence-corrected chi connectivity index (χ4v) is 1.54. The molecule has 0 aromatic heterocycles. The Hall–Kier alpha value is -1.53. The minimum absolute atomic E-state index is 0.156. The van der Waals surface area contributed by atoms with Gasteiger partial charge in [-0.3, -0.25) is 0 Å². The Kier molecular flexibility index (Phi) is 5.51. The van der Waals surface area contributed by atoms with Gasteiger partial charge >= 0.3 is 0 Å². The molecule has 0 aliphatic rings. The van der Waals surface area contributed by atoms with Crippen molar-refractivity contribution in [2.24, 2.45) is 0 Å². The van der Waals surface area contributed by atoms with Gasteiger partial charge in [0.2, 0.25) is 0 Å². The van der Waals surface area contributed by atoms with E-state index < -0.39 is 0 Å². The van der Waals surface area contributed by atoms with E-state index in [0.29, 0.717) is 0 Å². The minimum atomic E-state index is -0.333. The van der Waals surface area contributed by atoms with Crippen molar-refractivity contribution in [3.8, 4) is 17.6 Å². The second-order valence-corrected chi connectivity index (χ2v) is 3.75. The van der Waals surface area contributed by atoms with Crippen LogP contribution in [0.4, 0.5) is 4.39 Å². The third-order valence-electron chi connectivity index (χ3n) is 2.55. The minimum Gasteiger partial charge on any atom is -0.494 e. The number of hydrogen-bond donors (Lipinski definition) is 1. The van der Waals surface area contributed by atoms with Gasteiger partial charge in [-0.15, -0.1) is 11.8 Å². The Labute approximate surface area is 102 Å². The molecule has 1 unspecified atom stereocenters. The molecule has 0 aliphatic heterocycles. The molecular weight excluding hydrogens is 217 g/mol. The van der Waals surface area contributed by atoms with E-state index in [9.17, 15) is 4.39 Å². The molecule has 3 heteroatoms. The van der Waals surface area contributed by atoms with Gasteiger partial charge in [0.25, 0.3) is 0 Å². The van der Waals surface area contributed by atoms with Crippen LogP contribution >= 0.6 is 0 Å². The Morgan fingerprint density at radius 3 is 2.88 bits per heavy atom. The summed E-state index contributed by atoms with van der Waals surface area (Å²) < 4.78 is 18.2. The largest absolute Gasteiger partial charge is 0.494 e. The lowest BCUT2D eigenvalue weighted by Gasteiger charge is -2.14. The molecule has 0 fully saturated rings. The van der Waals surface area contributed by atoms with Crippen molar-refractivity contribution >= 4 is 0 Å². The zero-order valence-electron chi connectivity index (χ0n) is 10.5. The monoisotopic (exact) mass is 235 g/mol. The molecule has 1 aromatic carbocycles. The molecule has 0 spiro atoms. The zero-order chi connectivity index (χ0) is 12.7. The first kappa shape index (κ1) is 13.5. The predicted molar refractivity (Wildman–Crippen MR) is 67.4 cm³/mol. The highest BCUT2D eigenvalue weighted by atomic mass is 19.1. The SMILES string of the molecule is CC#CCCNC(C)c1ccc(F)c(OC)c1. The van der Waals surface area contributed by atoms with Gasteiger partial charge in [-0.1, -0.05) is 6.07 Å². The standard InChI is InChI=1S/C14H18FNO/c1-4-5-6-9-16-11(2)12-7-8-13(15)14(10-12)17-3/h7-8,10-11,16H,6,9H2,1-3H3. The van der Waals surface area contributed by atoms with Crippen LogP contribution in [0.25, 0.3) is 0 Å². The van der Waals surface area contributed by atoms with Gasteiger partial charge in [-0.05, 0) is 31.5 Å². The van der Waals surface area contributed by atoms with E-state index >= 15 is 0 Å². The van der Waals surface area contributed by atoms with Gasteiger partial charge < -0.3 is 10.1 Å². The molecule has 0 aliphatic carbocycles. The Morgan fingerprint density at radius 1 is 1.47 bits per heavy atom. The molecule has 17 heavy (non-hydrogen) atoms. The molecule has 92 valence electrons. The summed E-state index contributed by atoms with van der Waals surface area (Å²) in [4.78, 5) is 0. The Balaban J connectivity index is 2.61. The number of benzene rings is 1. The first-order chi connectivity index (χ1) is 8.19. The number of rotatable bonds is 5. The van der Waals surface area contributed by atoms with Gasteiger partial charge in [-0.2, -0.15) is 0 Å². The van der Waals surface area contributed by atoms with E-state index in [1.807, 2.05) is 13.8 Å². The van der Waals surface area contributed by atoms with Gasteiger partial charge in [0, 0.05) is 19.0 Å². The summed E-state index contributed by atoms with van der Waals surface area (Å²) in [5.74, 6) is 5.79. The predicted octanol–water partition coefficient (Wildman–Crippen LogP) is 2.90. The van der Waals surface area contributed by atoms with Crippen LogP contribution < -0.4 is 10.1 Å². The number of halogens is 1. The summed E-state index contributed by atoms with van der Waals surface area (Å²) >= 11 is 0. The van der Waals surface area contributed by atoms with E-state index in [1.165, 1.54) is 13.2 Å². The van der Waals surface area contributed by atoms with Crippen LogP contribution in [0, 0.1) is 17.7 Å². The van der Waals surface area contributed by atoms with Gasteiger partial charge in [0.15, 0.2) is 11.6 Å². The first-order valence-corrected chi connectivity index (χ1v) is 5.65. The number of ether oxygens (including phenoxy) is 1. The molecular formula is C14H18FNO. The lowest BCUT2D eigenvalue weighted by molar-refractivity contribution is 0.385. The van der Waals surface area contributed by atoms with E-state index in [1.54, 1.807) is 12.1 Å². The van der Waals surface area contributed by atoms with Crippen molar-refractivity contribution < 1.29 is 9.13 Å². The lowest BCUT2D eigenvalue weighted by Crippen LogP contribution is -2.19. The van der Waals surface area contributed by atoms with Crippen molar-refractivity contribution in [1.82, 2.24) is 5.32 Å². The molecule has 1 N–H and O–H groups in total. The summed E-state index contributed by atoms with van der Waals surface area (Å²) in [6.07, 6.45) is 0.819. The van der Waals surface area contributed by atoms with Gasteiger partial charge in [0.1, 0.15) is 0 Å². The third kappa shape index (κ3) is 4.08. The zero-order valence-corrected chi connectivity index (χ0v) is 10.5. The second-order valence-electron chi connectivity index (χ2n) is 3.75. The average Bonchev–Trinajstić information content (AvgIpc) is 2.35. The molecule has 0 bridgehead atoms. The molecule has 0 amide bonds. The van der Waals surface area contributed by atoms with Crippen molar-refractivity contribution in [1.29, 1.82) is 0 Å². The number of methoxy groups -OCH3 is 1. The maximum atomic E-state index is 13.2. The van der Waals surface area contributed by atoms with Crippen LogP contribution in [0.2, 0.25) is 0 Å². The molecule has 0 radical (unpaired) electrons. The normalized spacial score (nSPS) is 11.5. The smallest absolute Gasteiger partial charge is 0.165 e. The van der Waals surface area contributed by atoms with Crippen molar-refractivity contribution in [2.75, 3.05) is 13.7 Å². The summed E-state index contributed by atoms with van der Waals surface area (Å²) in [6, 6.07) is 5.07. The number of nitrogens with one attached hydrogen (secondary N) is 1. The van der Waals surface area contributed by atoms with Crippen LogP contribution in [-0.4, -0.2) is 13.7 Å². The molecule has 0 heterocycles. The van der Waals surface area contributed by atoms with Crippen LogP contribution in [0.3, 0.4) is 0 Å². The van der Waals surface area contributed by atoms with Crippen LogP contribution in [0.5, 0.6) is 5.75 Å². The lowest BCUT2D eigenvalue weighted by atomic mass is 10.1. The van der Waals surface area contributed by atoms with E-state index in [0.717, 1.165) is 18.5 Å². The van der Waals surface area contributed by atoms with E-state index in [-0.39, 0.29) is 17.6 Å². The topological polar surface area (TPSA) is 21.3 Å². The highest BCUT2D eigenvalue weighted by molar-refractivity contribution is 5.31. The van der Waals surface area contributed by atoms with Crippen LogP contribution in [-0.2, 0) is 0 Å². The van der Waals surface area contributed by atoms with Crippen molar-refractivity contribution in [2.45, 2.75) is 26.3 Å². The fourth-order valence-electron chi connectivity index (χ4n) is 1.54. The maximum absolute atomic E-state index is 13.2. The Bertz CT molecular complexity index is 420.